The minimum absolute atomic E-state index is 0.320. The van der Waals surface area contributed by atoms with E-state index in [1.54, 1.807) is 0 Å². The van der Waals surface area contributed by atoms with Crippen molar-refractivity contribution >= 4 is 23.0 Å². The monoisotopic (exact) mass is 490 g/mol. The van der Waals surface area contributed by atoms with E-state index in [2.05, 4.69) is 50.0 Å². The van der Waals surface area contributed by atoms with E-state index in [-0.39, 0.29) is 5.97 Å². The van der Waals surface area contributed by atoms with Gasteiger partial charge in [-0.2, -0.15) is 0 Å². The summed E-state index contributed by atoms with van der Waals surface area (Å²) < 4.78 is 12.7. The number of fused-ring (bicyclic) bond motifs is 6. The number of nitrogens with zero attached hydrogens (tertiary/aromatic N) is 1. The summed E-state index contributed by atoms with van der Waals surface area (Å²) in [4.78, 5) is 15.4. The minimum atomic E-state index is -1.04. The maximum Gasteiger partial charge on any atom is 0.340 e. The number of carbonyl (C=O) groups is 1. The molecule has 4 aromatic rings. The highest BCUT2D eigenvalue weighted by molar-refractivity contribution is 5.97. The molecule has 5 nitrogen and oxygen atoms in total. The van der Waals surface area contributed by atoms with Gasteiger partial charge in [0.25, 0.3) is 0 Å². The molecule has 0 aliphatic carbocycles. The van der Waals surface area contributed by atoms with Crippen LogP contribution in [0.15, 0.2) is 78.9 Å². The highest BCUT2D eigenvalue weighted by atomic mass is 16.6. The van der Waals surface area contributed by atoms with Gasteiger partial charge in [0.15, 0.2) is 5.60 Å². The molecular formula is C32H30N2O3. The van der Waals surface area contributed by atoms with Crippen LogP contribution in [-0.2, 0) is 10.3 Å². The summed E-state index contributed by atoms with van der Waals surface area (Å²) in [5.74, 6) is 1.04. The van der Waals surface area contributed by atoms with Crippen molar-refractivity contribution in [3.8, 4) is 11.5 Å². The zero-order valence-corrected chi connectivity index (χ0v) is 21.6. The van der Waals surface area contributed by atoms with Gasteiger partial charge in [-0.1, -0.05) is 48.5 Å². The van der Waals surface area contributed by atoms with Crippen LogP contribution >= 0.6 is 0 Å². The summed E-state index contributed by atoms with van der Waals surface area (Å²) in [5, 5.41) is 3.68. The van der Waals surface area contributed by atoms with Crippen molar-refractivity contribution in [2.45, 2.75) is 33.3 Å². The third-order valence-electron chi connectivity index (χ3n) is 7.56. The van der Waals surface area contributed by atoms with Gasteiger partial charge in [-0.15, -0.1) is 0 Å². The predicted molar refractivity (Wildman–Crippen MR) is 147 cm³/mol. The molecule has 0 radical (unpaired) electrons. The van der Waals surface area contributed by atoms with Crippen LogP contribution in [0.5, 0.6) is 11.5 Å². The zero-order chi connectivity index (χ0) is 25.7. The topological polar surface area (TPSA) is 50.8 Å². The van der Waals surface area contributed by atoms with E-state index in [9.17, 15) is 4.79 Å². The molecule has 5 heteroatoms. The number of benzene rings is 4. The largest absolute Gasteiger partial charge is 0.456 e. The maximum absolute atomic E-state index is 13.0. The summed E-state index contributed by atoms with van der Waals surface area (Å²) >= 11 is 0. The lowest BCUT2D eigenvalue weighted by molar-refractivity contribution is 0.0224. The fraction of sp³-hybridized carbons (Fsp3) is 0.219. The third-order valence-corrected chi connectivity index (χ3v) is 7.56. The van der Waals surface area contributed by atoms with Crippen LogP contribution in [0.25, 0.3) is 0 Å². The van der Waals surface area contributed by atoms with Gasteiger partial charge in [0, 0.05) is 41.5 Å². The molecule has 6 rings (SSSR count). The number of rotatable bonds is 5. The second-order valence-corrected chi connectivity index (χ2v) is 9.65. The van der Waals surface area contributed by atoms with Gasteiger partial charge in [0.05, 0.1) is 16.9 Å². The number of hydrogen-bond acceptors (Lipinski definition) is 5. The number of nitrogens with one attached hydrogen (secondary N) is 1. The van der Waals surface area contributed by atoms with E-state index in [4.69, 9.17) is 9.47 Å². The van der Waals surface area contributed by atoms with Crippen LogP contribution in [0, 0.1) is 13.8 Å². The molecular weight excluding hydrogens is 460 g/mol. The molecule has 0 fully saturated rings. The zero-order valence-electron chi connectivity index (χ0n) is 21.6. The second-order valence-electron chi connectivity index (χ2n) is 9.65. The third kappa shape index (κ3) is 3.41. The van der Waals surface area contributed by atoms with Crippen LogP contribution in [0.1, 0.15) is 52.0 Å². The Morgan fingerprint density at radius 2 is 1.46 bits per heavy atom. The van der Waals surface area contributed by atoms with E-state index >= 15 is 0 Å². The predicted octanol–water partition coefficient (Wildman–Crippen LogP) is 7.46. The van der Waals surface area contributed by atoms with Gasteiger partial charge in [-0.25, -0.2) is 4.79 Å². The van der Waals surface area contributed by atoms with Gasteiger partial charge < -0.3 is 19.7 Å². The van der Waals surface area contributed by atoms with Crippen molar-refractivity contribution in [1.29, 1.82) is 0 Å². The van der Waals surface area contributed by atoms with Crippen molar-refractivity contribution in [1.82, 2.24) is 0 Å². The van der Waals surface area contributed by atoms with E-state index in [0.717, 1.165) is 41.2 Å². The van der Waals surface area contributed by atoms with Crippen LogP contribution in [0.4, 0.5) is 17.1 Å². The van der Waals surface area contributed by atoms with Gasteiger partial charge >= 0.3 is 5.97 Å². The molecule has 0 amide bonds. The quantitative estimate of drug-likeness (QED) is 0.294. The molecule has 0 saturated heterocycles. The molecule has 186 valence electrons. The van der Waals surface area contributed by atoms with Crippen molar-refractivity contribution in [3.63, 3.8) is 0 Å². The van der Waals surface area contributed by atoms with E-state index in [0.29, 0.717) is 17.1 Å². The van der Waals surface area contributed by atoms with Crippen LogP contribution in [0.2, 0.25) is 0 Å². The number of para-hydroxylation sites is 1. The normalized spacial score (nSPS) is 16.9. The summed E-state index contributed by atoms with van der Waals surface area (Å²) in [6.45, 7) is 10.5. The number of aryl methyl sites for hydroxylation is 2. The van der Waals surface area contributed by atoms with E-state index in [1.165, 1.54) is 16.8 Å². The van der Waals surface area contributed by atoms with E-state index in [1.807, 2.05) is 66.7 Å². The average Bonchev–Trinajstić information content (AvgIpc) is 3.21. The molecule has 0 bridgehead atoms. The standard InChI is InChI=1S/C32H30N2O3/c1-5-34(6-2)30-21(4)16-15-20(3)29(30)33-22-17-18-26-28(19-22)36-27-14-10-9-13-25(27)32(26)24-12-8-7-11-23(24)31(35)37-32/h7-19,33H,5-6H2,1-4H3. The maximum atomic E-state index is 13.0. The molecule has 37 heavy (non-hydrogen) atoms. The van der Waals surface area contributed by atoms with Crippen LogP contribution < -0.4 is 15.0 Å². The first-order valence-electron chi connectivity index (χ1n) is 12.8. The number of esters is 1. The van der Waals surface area contributed by atoms with Crippen LogP contribution in [0.3, 0.4) is 0 Å². The van der Waals surface area contributed by atoms with Gasteiger partial charge in [-0.05, 0) is 63.1 Å². The SMILES string of the molecule is CCN(CC)c1c(C)ccc(C)c1Nc1ccc2c(c1)Oc1ccccc1C21OC(=O)c2ccccc21. The molecule has 2 aliphatic rings. The van der Waals surface area contributed by atoms with Crippen molar-refractivity contribution in [2.75, 3.05) is 23.3 Å². The van der Waals surface area contributed by atoms with Crippen molar-refractivity contribution < 1.29 is 14.3 Å². The molecule has 1 N–H and O–H groups in total. The fourth-order valence-corrected chi connectivity index (χ4v) is 5.75. The smallest absolute Gasteiger partial charge is 0.340 e. The Morgan fingerprint density at radius 3 is 2.24 bits per heavy atom. The number of carbonyl (C=O) groups excluding carboxylic acids is 1. The van der Waals surface area contributed by atoms with Gasteiger partial charge in [-0.3, -0.25) is 0 Å². The minimum Gasteiger partial charge on any atom is -0.456 e. The summed E-state index contributed by atoms with van der Waals surface area (Å²) in [6, 6.07) is 25.8. The number of anilines is 3. The highest BCUT2D eigenvalue weighted by Gasteiger charge is 2.53. The molecule has 0 saturated carbocycles. The second kappa shape index (κ2) is 8.70. The molecule has 1 unspecified atom stereocenters. The Hall–Kier alpha value is -4.25. The van der Waals surface area contributed by atoms with Crippen molar-refractivity contribution in [2.24, 2.45) is 0 Å². The Labute approximate surface area is 217 Å². The summed E-state index contributed by atoms with van der Waals surface area (Å²) in [7, 11) is 0. The molecule has 0 aromatic heterocycles. The molecule has 1 spiro atoms. The Morgan fingerprint density at radius 1 is 0.784 bits per heavy atom. The Kier molecular flexibility index (Phi) is 5.45. The lowest BCUT2D eigenvalue weighted by atomic mass is 9.77. The number of hydrogen-bond donors (Lipinski definition) is 1. The van der Waals surface area contributed by atoms with Gasteiger partial charge in [0.2, 0.25) is 0 Å². The molecule has 4 aromatic carbocycles. The first-order chi connectivity index (χ1) is 18.0. The fourth-order valence-electron chi connectivity index (χ4n) is 5.75. The van der Waals surface area contributed by atoms with Gasteiger partial charge in [0.1, 0.15) is 11.5 Å². The summed E-state index contributed by atoms with van der Waals surface area (Å²) in [5.41, 5.74) is 7.66. The lowest BCUT2D eigenvalue weighted by Gasteiger charge is -2.36. The van der Waals surface area contributed by atoms with Crippen LogP contribution in [-0.4, -0.2) is 19.1 Å². The van der Waals surface area contributed by atoms with Crippen molar-refractivity contribution in [3.05, 3.63) is 112 Å². The Bertz CT molecular complexity index is 1540. The number of ether oxygens (including phenoxy) is 2. The molecule has 2 aliphatic heterocycles. The molecule has 1 atom stereocenters. The first kappa shape index (κ1) is 23.2. The first-order valence-corrected chi connectivity index (χ1v) is 12.8. The summed E-state index contributed by atoms with van der Waals surface area (Å²) in [6.07, 6.45) is 0. The Balaban J connectivity index is 1.50. The molecule has 2 heterocycles. The van der Waals surface area contributed by atoms with E-state index < -0.39 is 5.60 Å². The lowest BCUT2D eigenvalue weighted by Crippen LogP contribution is -2.33. The average molecular weight is 491 g/mol. The highest BCUT2D eigenvalue weighted by Crippen LogP contribution is 2.56.